The molecule has 0 unspecified atom stereocenters. The van der Waals surface area contributed by atoms with Gasteiger partial charge in [0.25, 0.3) is 0 Å². The Morgan fingerprint density at radius 1 is 1.31 bits per heavy atom. The molecule has 0 amide bonds. The highest BCUT2D eigenvalue weighted by atomic mass is 15.2. The summed E-state index contributed by atoms with van der Waals surface area (Å²) in [7, 11) is 0. The van der Waals surface area contributed by atoms with Gasteiger partial charge in [0.2, 0.25) is 0 Å². The first-order chi connectivity index (χ1) is 7.86. The van der Waals surface area contributed by atoms with E-state index in [1.54, 1.807) is 0 Å². The average Bonchev–Trinajstić information content (AvgIpc) is 2.27. The predicted octanol–water partition coefficient (Wildman–Crippen LogP) is 2.18. The monoisotopic (exact) mass is 216 g/mol. The van der Waals surface area contributed by atoms with E-state index < -0.39 is 0 Å². The van der Waals surface area contributed by atoms with Gasteiger partial charge in [-0.2, -0.15) is 0 Å². The largest absolute Gasteiger partial charge is 0.371 e. The molecule has 0 bridgehead atoms. The number of hydrogen-bond donors (Lipinski definition) is 1. The molecule has 0 spiro atoms. The van der Waals surface area contributed by atoms with Crippen LogP contribution in [0.15, 0.2) is 18.2 Å². The second-order valence-electron chi connectivity index (χ2n) is 5.06. The molecule has 0 saturated carbocycles. The van der Waals surface area contributed by atoms with E-state index in [9.17, 15) is 0 Å². The van der Waals surface area contributed by atoms with Crippen molar-refractivity contribution in [1.82, 2.24) is 5.32 Å². The SMILES string of the molecule is CCC1CN(c2ccc3c(c2)CNCC3)C1. The van der Waals surface area contributed by atoms with Crippen molar-refractivity contribution in [2.24, 2.45) is 5.92 Å². The van der Waals surface area contributed by atoms with E-state index >= 15 is 0 Å². The molecule has 0 aliphatic carbocycles. The Kier molecular flexibility index (Phi) is 2.60. The Bertz CT molecular complexity index is 380. The molecule has 0 atom stereocenters. The first-order valence-electron chi connectivity index (χ1n) is 6.44. The Balaban J connectivity index is 1.76. The number of benzene rings is 1. The maximum absolute atomic E-state index is 3.44. The molecule has 86 valence electrons. The van der Waals surface area contributed by atoms with Crippen LogP contribution in [0.5, 0.6) is 0 Å². The quantitative estimate of drug-likeness (QED) is 0.815. The molecule has 0 aromatic heterocycles. The van der Waals surface area contributed by atoms with Crippen molar-refractivity contribution >= 4 is 5.69 Å². The van der Waals surface area contributed by atoms with Crippen molar-refractivity contribution in [3.8, 4) is 0 Å². The molecular weight excluding hydrogens is 196 g/mol. The third-order valence-electron chi connectivity index (χ3n) is 3.98. The second kappa shape index (κ2) is 4.10. The maximum Gasteiger partial charge on any atom is 0.0369 e. The van der Waals surface area contributed by atoms with Crippen LogP contribution >= 0.6 is 0 Å². The van der Waals surface area contributed by atoms with Gasteiger partial charge in [0, 0.05) is 25.3 Å². The molecule has 1 N–H and O–H groups in total. The van der Waals surface area contributed by atoms with Crippen LogP contribution in [0.3, 0.4) is 0 Å². The van der Waals surface area contributed by atoms with Crippen molar-refractivity contribution in [2.45, 2.75) is 26.3 Å². The molecule has 1 aromatic carbocycles. The molecule has 16 heavy (non-hydrogen) atoms. The lowest BCUT2D eigenvalue weighted by Gasteiger charge is -2.41. The van der Waals surface area contributed by atoms with Gasteiger partial charge in [0.05, 0.1) is 0 Å². The van der Waals surface area contributed by atoms with Crippen molar-refractivity contribution < 1.29 is 0 Å². The van der Waals surface area contributed by atoms with Crippen molar-refractivity contribution in [3.05, 3.63) is 29.3 Å². The molecular formula is C14H20N2. The van der Waals surface area contributed by atoms with Gasteiger partial charge in [-0.1, -0.05) is 13.0 Å². The molecule has 2 heterocycles. The summed E-state index contributed by atoms with van der Waals surface area (Å²) < 4.78 is 0. The minimum absolute atomic E-state index is 0.925. The molecule has 2 aliphatic heterocycles. The fourth-order valence-corrected chi connectivity index (χ4v) is 2.70. The lowest BCUT2D eigenvalue weighted by Crippen LogP contribution is -2.46. The molecule has 1 aromatic rings. The van der Waals surface area contributed by atoms with Gasteiger partial charge in [-0.15, -0.1) is 0 Å². The van der Waals surface area contributed by atoms with E-state index in [-0.39, 0.29) is 0 Å². The summed E-state index contributed by atoms with van der Waals surface area (Å²) >= 11 is 0. The van der Waals surface area contributed by atoms with E-state index in [2.05, 4.69) is 35.3 Å². The van der Waals surface area contributed by atoms with Crippen LogP contribution < -0.4 is 10.2 Å². The first-order valence-corrected chi connectivity index (χ1v) is 6.44. The van der Waals surface area contributed by atoms with E-state index in [0.29, 0.717) is 0 Å². The third kappa shape index (κ3) is 1.71. The highest BCUT2D eigenvalue weighted by Gasteiger charge is 2.25. The highest BCUT2D eigenvalue weighted by molar-refractivity contribution is 5.53. The molecule has 1 fully saturated rings. The Morgan fingerprint density at radius 2 is 2.19 bits per heavy atom. The maximum atomic E-state index is 3.44. The van der Waals surface area contributed by atoms with Crippen LogP contribution in [-0.4, -0.2) is 19.6 Å². The number of hydrogen-bond acceptors (Lipinski definition) is 2. The van der Waals surface area contributed by atoms with Gasteiger partial charge < -0.3 is 10.2 Å². The van der Waals surface area contributed by atoms with Crippen molar-refractivity contribution in [1.29, 1.82) is 0 Å². The predicted molar refractivity (Wildman–Crippen MR) is 67.8 cm³/mol. The van der Waals surface area contributed by atoms with Gasteiger partial charge >= 0.3 is 0 Å². The number of rotatable bonds is 2. The van der Waals surface area contributed by atoms with E-state index in [0.717, 1.165) is 19.0 Å². The summed E-state index contributed by atoms with van der Waals surface area (Å²) in [6.07, 6.45) is 2.51. The molecule has 2 heteroatoms. The summed E-state index contributed by atoms with van der Waals surface area (Å²) in [6, 6.07) is 7.01. The normalized spacial score (nSPS) is 20.4. The van der Waals surface area contributed by atoms with E-state index in [1.807, 2.05) is 0 Å². The molecule has 0 radical (unpaired) electrons. The fraction of sp³-hybridized carbons (Fsp3) is 0.571. The Hall–Kier alpha value is -1.02. The second-order valence-corrected chi connectivity index (χ2v) is 5.06. The number of nitrogens with one attached hydrogen (secondary N) is 1. The molecule has 3 rings (SSSR count). The zero-order valence-electron chi connectivity index (χ0n) is 10.00. The van der Waals surface area contributed by atoms with Gasteiger partial charge in [-0.05, 0) is 48.6 Å². The lowest BCUT2D eigenvalue weighted by molar-refractivity contribution is 0.398. The Labute approximate surface area is 97.6 Å². The fourth-order valence-electron chi connectivity index (χ4n) is 2.70. The standard InChI is InChI=1S/C14H20N2/c1-2-11-9-16(10-11)14-4-3-12-5-6-15-8-13(12)7-14/h3-4,7,11,15H,2,5-6,8-10H2,1H3. The van der Waals surface area contributed by atoms with Gasteiger partial charge in [-0.3, -0.25) is 0 Å². The van der Waals surface area contributed by atoms with Crippen molar-refractivity contribution in [2.75, 3.05) is 24.5 Å². The topological polar surface area (TPSA) is 15.3 Å². The van der Waals surface area contributed by atoms with Crippen LogP contribution in [0.2, 0.25) is 0 Å². The number of fused-ring (bicyclic) bond motifs is 1. The smallest absolute Gasteiger partial charge is 0.0369 e. The lowest BCUT2D eigenvalue weighted by atomic mass is 9.94. The van der Waals surface area contributed by atoms with Crippen LogP contribution in [0.25, 0.3) is 0 Å². The van der Waals surface area contributed by atoms with E-state index in [4.69, 9.17) is 0 Å². The van der Waals surface area contributed by atoms with E-state index in [1.165, 1.54) is 42.7 Å². The minimum atomic E-state index is 0.925. The summed E-state index contributed by atoms with van der Waals surface area (Å²) in [5.74, 6) is 0.925. The van der Waals surface area contributed by atoms with Gasteiger partial charge in [-0.25, -0.2) is 0 Å². The summed E-state index contributed by atoms with van der Waals surface area (Å²) in [5, 5.41) is 3.44. The van der Waals surface area contributed by atoms with Gasteiger partial charge in [0.1, 0.15) is 0 Å². The minimum Gasteiger partial charge on any atom is -0.371 e. The highest BCUT2D eigenvalue weighted by Crippen LogP contribution is 2.28. The third-order valence-corrected chi connectivity index (χ3v) is 3.98. The summed E-state index contributed by atoms with van der Waals surface area (Å²) in [4.78, 5) is 2.50. The number of nitrogens with zero attached hydrogens (tertiary/aromatic N) is 1. The molecule has 2 aliphatic rings. The van der Waals surface area contributed by atoms with Crippen LogP contribution in [0, 0.1) is 5.92 Å². The van der Waals surface area contributed by atoms with Crippen LogP contribution in [0.4, 0.5) is 5.69 Å². The zero-order chi connectivity index (χ0) is 11.0. The average molecular weight is 216 g/mol. The van der Waals surface area contributed by atoms with Crippen molar-refractivity contribution in [3.63, 3.8) is 0 Å². The number of anilines is 1. The van der Waals surface area contributed by atoms with Gasteiger partial charge in [0.15, 0.2) is 0 Å². The van der Waals surface area contributed by atoms with Crippen LogP contribution in [0.1, 0.15) is 24.5 Å². The Morgan fingerprint density at radius 3 is 3.00 bits per heavy atom. The summed E-state index contributed by atoms with van der Waals surface area (Å²) in [5.41, 5.74) is 4.46. The first kappa shape index (κ1) is 10.2. The molecule has 2 nitrogen and oxygen atoms in total. The summed E-state index contributed by atoms with van der Waals surface area (Å²) in [6.45, 7) is 6.98. The van der Waals surface area contributed by atoms with Crippen LogP contribution in [-0.2, 0) is 13.0 Å². The molecule has 1 saturated heterocycles. The zero-order valence-corrected chi connectivity index (χ0v) is 10.00.